The second-order valence-corrected chi connectivity index (χ2v) is 7.18. The number of amides is 1. The second kappa shape index (κ2) is 7.71. The first-order valence-electron chi connectivity index (χ1n) is 9.41. The highest BCUT2D eigenvalue weighted by Crippen LogP contribution is 2.16. The average molecular weight is 389 g/mol. The van der Waals surface area contributed by atoms with Crippen LogP contribution < -0.4 is 11.0 Å². The van der Waals surface area contributed by atoms with Gasteiger partial charge in [0.2, 0.25) is 0 Å². The van der Waals surface area contributed by atoms with Gasteiger partial charge in [-0.1, -0.05) is 24.3 Å². The molecule has 0 fully saturated rings. The minimum absolute atomic E-state index is 0.456. The van der Waals surface area contributed by atoms with Crippen LogP contribution in [-0.4, -0.2) is 46.0 Å². The van der Waals surface area contributed by atoms with Crippen LogP contribution in [0.2, 0.25) is 0 Å². The van der Waals surface area contributed by atoms with Gasteiger partial charge in [0.25, 0.3) is 0 Å². The lowest BCUT2D eigenvalue weighted by molar-refractivity contribution is 0.253. The molecule has 2 N–H and O–H groups in total. The van der Waals surface area contributed by atoms with Gasteiger partial charge in [0.1, 0.15) is 0 Å². The minimum Gasteiger partial charge on any atom is -0.378 e. The van der Waals surface area contributed by atoms with Crippen LogP contribution in [-0.2, 0) is 6.54 Å². The predicted octanol–water partition coefficient (Wildman–Crippen LogP) is 3.18. The van der Waals surface area contributed by atoms with Crippen molar-refractivity contribution in [2.24, 2.45) is 0 Å². The lowest BCUT2D eigenvalue weighted by Gasteiger charge is -2.25. The fourth-order valence-electron chi connectivity index (χ4n) is 3.33. The molecule has 1 aliphatic heterocycles. The van der Waals surface area contributed by atoms with Crippen LogP contribution in [0.4, 0.5) is 10.5 Å². The maximum atomic E-state index is 12.6. The van der Waals surface area contributed by atoms with Crippen molar-refractivity contribution >= 4 is 22.8 Å². The molecule has 0 saturated carbocycles. The third kappa shape index (κ3) is 3.94. The van der Waals surface area contributed by atoms with Crippen LogP contribution in [0.5, 0.6) is 0 Å². The number of fused-ring (bicyclic) bond motifs is 1. The number of hydrogen-bond donors (Lipinski definition) is 2. The number of aromatic nitrogens is 2. The minimum atomic E-state index is -0.486. The molecule has 2 heterocycles. The molecule has 7 heteroatoms. The molecule has 1 aromatic heterocycles. The molecule has 29 heavy (non-hydrogen) atoms. The molecule has 148 valence electrons. The Morgan fingerprint density at radius 2 is 1.90 bits per heavy atom. The summed E-state index contributed by atoms with van der Waals surface area (Å²) in [4.78, 5) is 31.7. The summed E-state index contributed by atoms with van der Waals surface area (Å²) in [6, 6.07) is 14.3. The first-order valence-corrected chi connectivity index (χ1v) is 9.41. The lowest BCUT2D eigenvalue weighted by Crippen LogP contribution is -2.29. The van der Waals surface area contributed by atoms with E-state index in [1.807, 2.05) is 44.4 Å². The Balaban J connectivity index is 1.42. The zero-order valence-electron chi connectivity index (χ0n) is 16.4. The maximum absolute atomic E-state index is 12.6. The molecule has 3 aromatic rings. The van der Waals surface area contributed by atoms with E-state index in [0.717, 1.165) is 23.2 Å². The summed E-state index contributed by atoms with van der Waals surface area (Å²) in [6.07, 6.45) is 6.37. The number of benzene rings is 2. The molecule has 0 unspecified atom stereocenters. The van der Waals surface area contributed by atoms with Crippen molar-refractivity contribution < 1.29 is 4.79 Å². The van der Waals surface area contributed by atoms with Crippen LogP contribution in [0, 0.1) is 0 Å². The number of H-pyrrole nitrogens is 1. The van der Waals surface area contributed by atoms with Gasteiger partial charge in [-0.15, -0.1) is 0 Å². The molecule has 0 saturated heterocycles. The summed E-state index contributed by atoms with van der Waals surface area (Å²) < 4.78 is 1.11. The highest BCUT2D eigenvalue weighted by molar-refractivity contribution is 5.97. The number of aromatic amines is 1. The summed E-state index contributed by atoms with van der Waals surface area (Å²) in [7, 11) is 4.06. The monoisotopic (exact) mass is 389 g/mol. The number of hydrogen-bond acceptors (Lipinski definition) is 4. The third-order valence-corrected chi connectivity index (χ3v) is 4.89. The van der Waals surface area contributed by atoms with Crippen molar-refractivity contribution in [3.63, 3.8) is 0 Å². The fraction of sp³-hybridized carbons (Fsp3) is 0.182. The number of carbonyl (C=O) groups is 1. The zero-order valence-corrected chi connectivity index (χ0v) is 16.4. The molecular weight excluding hydrogens is 366 g/mol. The SMILES string of the molecule is CN(C)C1=CCN(Cc2ccc(NC(=O)n3c(=O)[nH]c4ccccc43)cc2)C=C1. The Labute approximate surface area is 168 Å². The van der Waals surface area contributed by atoms with E-state index in [0.29, 0.717) is 16.7 Å². The highest BCUT2D eigenvalue weighted by Gasteiger charge is 2.14. The predicted molar refractivity (Wildman–Crippen MR) is 115 cm³/mol. The van der Waals surface area contributed by atoms with E-state index in [4.69, 9.17) is 0 Å². The molecular formula is C22H23N5O2. The number of imidazole rings is 1. The number of anilines is 1. The topological polar surface area (TPSA) is 73.4 Å². The fourth-order valence-corrected chi connectivity index (χ4v) is 3.33. The Morgan fingerprint density at radius 1 is 1.14 bits per heavy atom. The summed E-state index contributed by atoms with van der Waals surface area (Å²) in [5, 5.41) is 2.79. The lowest BCUT2D eigenvalue weighted by atomic mass is 10.2. The summed E-state index contributed by atoms with van der Waals surface area (Å²) in [5.41, 5.74) is 3.70. The van der Waals surface area contributed by atoms with Gasteiger partial charge in [-0.3, -0.25) is 0 Å². The van der Waals surface area contributed by atoms with Gasteiger partial charge < -0.3 is 20.1 Å². The molecule has 0 spiro atoms. The zero-order chi connectivity index (χ0) is 20.4. The molecule has 0 bridgehead atoms. The molecule has 2 aromatic carbocycles. The van der Waals surface area contributed by atoms with E-state index in [-0.39, 0.29) is 0 Å². The first-order chi connectivity index (χ1) is 14.0. The number of carbonyl (C=O) groups excluding carboxylic acids is 1. The molecule has 4 rings (SSSR count). The number of nitrogens with one attached hydrogen (secondary N) is 2. The van der Waals surface area contributed by atoms with Crippen LogP contribution >= 0.6 is 0 Å². The summed E-state index contributed by atoms with van der Waals surface area (Å²) in [6.45, 7) is 1.63. The summed E-state index contributed by atoms with van der Waals surface area (Å²) in [5.74, 6) is 0. The van der Waals surface area contributed by atoms with E-state index in [1.165, 1.54) is 5.70 Å². The van der Waals surface area contributed by atoms with Crippen molar-refractivity contribution in [3.05, 3.63) is 88.6 Å². The van der Waals surface area contributed by atoms with Crippen LogP contribution in [0.1, 0.15) is 5.56 Å². The molecule has 0 aliphatic carbocycles. The van der Waals surface area contributed by atoms with Crippen LogP contribution in [0.3, 0.4) is 0 Å². The molecule has 7 nitrogen and oxygen atoms in total. The van der Waals surface area contributed by atoms with Gasteiger partial charge in [0, 0.05) is 44.8 Å². The number of likely N-dealkylation sites (N-methyl/N-ethyl adjacent to an activating group) is 1. The maximum Gasteiger partial charge on any atom is 0.334 e. The van der Waals surface area contributed by atoms with E-state index in [9.17, 15) is 9.59 Å². The van der Waals surface area contributed by atoms with Crippen LogP contribution in [0.15, 0.2) is 77.4 Å². The highest BCUT2D eigenvalue weighted by atomic mass is 16.2. The number of allylic oxidation sites excluding steroid dienone is 1. The Kier molecular flexibility index (Phi) is 4.95. The Morgan fingerprint density at radius 3 is 2.59 bits per heavy atom. The molecule has 1 amide bonds. The molecule has 1 aliphatic rings. The van der Waals surface area contributed by atoms with Crippen molar-refractivity contribution in [1.82, 2.24) is 19.4 Å². The van der Waals surface area contributed by atoms with Gasteiger partial charge in [0.15, 0.2) is 0 Å². The van der Waals surface area contributed by atoms with Crippen molar-refractivity contribution in [3.8, 4) is 0 Å². The van der Waals surface area contributed by atoms with E-state index < -0.39 is 11.7 Å². The molecule has 0 atom stereocenters. The van der Waals surface area contributed by atoms with Gasteiger partial charge >= 0.3 is 11.7 Å². The number of nitrogens with zero attached hydrogens (tertiary/aromatic N) is 3. The average Bonchev–Trinajstić information content (AvgIpc) is 3.05. The second-order valence-electron chi connectivity index (χ2n) is 7.18. The normalized spacial score (nSPS) is 13.4. The smallest absolute Gasteiger partial charge is 0.334 e. The van der Waals surface area contributed by atoms with Gasteiger partial charge in [0.05, 0.1) is 11.0 Å². The van der Waals surface area contributed by atoms with Crippen molar-refractivity contribution in [2.45, 2.75) is 6.54 Å². The Hall–Kier alpha value is -3.74. The number of rotatable bonds is 4. The van der Waals surface area contributed by atoms with Gasteiger partial charge in [-0.25, -0.2) is 14.2 Å². The standard InChI is InChI=1S/C22H23N5O2/c1-25(2)18-11-13-26(14-12-18)15-16-7-9-17(10-8-16)23-21(28)27-20-6-4-3-5-19(20)24-22(27)29/h3-13H,14-15H2,1-2H3,(H,23,28)(H,24,29). The van der Waals surface area contributed by atoms with E-state index >= 15 is 0 Å². The number of para-hydroxylation sites is 2. The third-order valence-electron chi connectivity index (χ3n) is 4.89. The van der Waals surface area contributed by atoms with Crippen molar-refractivity contribution in [1.29, 1.82) is 0 Å². The quantitative estimate of drug-likeness (QED) is 0.719. The van der Waals surface area contributed by atoms with Crippen LogP contribution in [0.25, 0.3) is 11.0 Å². The largest absolute Gasteiger partial charge is 0.378 e. The van der Waals surface area contributed by atoms with E-state index in [1.54, 1.807) is 18.2 Å². The Bertz CT molecular complexity index is 1150. The van der Waals surface area contributed by atoms with Crippen molar-refractivity contribution in [2.75, 3.05) is 26.0 Å². The molecule has 0 radical (unpaired) electrons. The van der Waals surface area contributed by atoms with E-state index in [2.05, 4.69) is 38.5 Å². The van der Waals surface area contributed by atoms with Gasteiger partial charge in [-0.05, 0) is 42.0 Å². The van der Waals surface area contributed by atoms with Gasteiger partial charge in [-0.2, -0.15) is 0 Å². The first kappa shape index (κ1) is 18.6. The summed E-state index contributed by atoms with van der Waals surface area (Å²) >= 11 is 0.